The van der Waals surface area contributed by atoms with Crippen LogP contribution in [0.1, 0.15) is 12.0 Å². The number of urea groups is 1. The number of amides is 2. The predicted molar refractivity (Wildman–Crippen MR) is 104 cm³/mol. The van der Waals surface area contributed by atoms with Crippen molar-refractivity contribution in [3.63, 3.8) is 0 Å². The van der Waals surface area contributed by atoms with E-state index in [1.165, 1.54) is 5.56 Å². The predicted octanol–water partition coefficient (Wildman–Crippen LogP) is 2.50. The minimum atomic E-state index is -0.212. The van der Waals surface area contributed by atoms with Crippen LogP contribution in [0.4, 0.5) is 10.5 Å². The van der Waals surface area contributed by atoms with Crippen molar-refractivity contribution in [3.8, 4) is 5.88 Å². The van der Waals surface area contributed by atoms with Gasteiger partial charge in [-0.1, -0.05) is 30.3 Å². The highest BCUT2D eigenvalue weighted by Gasteiger charge is 2.23. The number of nitrogens with zero attached hydrogens (tertiary/aromatic N) is 2. The number of aromatic nitrogens is 1. The van der Waals surface area contributed by atoms with Crippen LogP contribution in [-0.2, 0) is 11.3 Å². The molecule has 7 heteroatoms. The SMILES string of the molecule is COCCOc1ccc(NC(=O)N[C@H]2CCN(Cc3ccccc3)C2)cn1. The summed E-state index contributed by atoms with van der Waals surface area (Å²) in [7, 11) is 1.62. The summed E-state index contributed by atoms with van der Waals surface area (Å²) in [6.45, 7) is 3.70. The Hall–Kier alpha value is -2.64. The third kappa shape index (κ3) is 6.23. The summed E-state index contributed by atoms with van der Waals surface area (Å²) in [4.78, 5) is 18.7. The Bertz CT molecular complexity index is 709. The first kappa shape index (κ1) is 19.1. The van der Waals surface area contributed by atoms with Crippen molar-refractivity contribution in [1.29, 1.82) is 0 Å². The van der Waals surface area contributed by atoms with Gasteiger partial charge >= 0.3 is 6.03 Å². The maximum absolute atomic E-state index is 12.2. The van der Waals surface area contributed by atoms with Crippen LogP contribution in [0.15, 0.2) is 48.7 Å². The highest BCUT2D eigenvalue weighted by Crippen LogP contribution is 2.14. The summed E-state index contributed by atoms with van der Waals surface area (Å²) in [6, 6.07) is 13.8. The van der Waals surface area contributed by atoms with E-state index in [0.29, 0.717) is 24.8 Å². The first-order valence-electron chi connectivity index (χ1n) is 9.14. The molecule has 7 nitrogen and oxygen atoms in total. The number of methoxy groups -OCH3 is 1. The third-order valence-electron chi connectivity index (χ3n) is 4.39. The van der Waals surface area contributed by atoms with E-state index >= 15 is 0 Å². The van der Waals surface area contributed by atoms with Crippen LogP contribution in [0.25, 0.3) is 0 Å². The summed E-state index contributed by atoms with van der Waals surface area (Å²) in [5.74, 6) is 0.505. The molecule has 1 aromatic heterocycles. The largest absolute Gasteiger partial charge is 0.475 e. The molecule has 27 heavy (non-hydrogen) atoms. The second-order valence-electron chi connectivity index (χ2n) is 6.53. The molecule has 1 aliphatic rings. The van der Waals surface area contributed by atoms with E-state index in [4.69, 9.17) is 9.47 Å². The Morgan fingerprint density at radius 3 is 2.81 bits per heavy atom. The van der Waals surface area contributed by atoms with Gasteiger partial charge in [0, 0.05) is 38.9 Å². The molecule has 2 aromatic rings. The molecule has 2 amide bonds. The Morgan fingerprint density at radius 2 is 2.07 bits per heavy atom. The van der Waals surface area contributed by atoms with Crippen molar-refractivity contribution < 1.29 is 14.3 Å². The molecule has 0 radical (unpaired) electrons. The molecule has 0 unspecified atom stereocenters. The average molecular weight is 370 g/mol. The highest BCUT2D eigenvalue weighted by molar-refractivity contribution is 5.89. The third-order valence-corrected chi connectivity index (χ3v) is 4.39. The Balaban J connectivity index is 1.40. The van der Waals surface area contributed by atoms with Crippen molar-refractivity contribution >= 4 is 11.7 Å². The summed E-state index contributed by atoms with van der Waals surface area (Å²) in [5.41, 5.74) is 1.92. The lowest BCUT2D eigenvalue weighted by molar-refractivity contribution is 0.144. The lowest BCUT2D eigenvalue weighted by Gasteiger charge is -2.17. The number of hydrogen-bond donors (Lipinski definition) is 2. The number of carbonyl (C=O) groups excluding carboxylic acids is 1. The van der Waals surface area contributed by atoms with Crippen molar-refractivity contribution in [2.45, 2.75) is 19.0 Å². The second kappa shape index (κ2) is 9.89. The van der Waals surface area contributed by atoms with Gasteiger partial charge in [-0.15, -0.1) is 0 Å². The molecule has 0 spiro atoms. The van der Waals surface area contributed by atoms with E-state index in [0.717, 1.165) is 26.1 Å². The molecule has 0 aliphatic carbocycles. The van der Waals surface area contributed by atoms with Crippen molar-refractivity contribution in [3.05, 3.63) is 54.2 Å². The molecule has 0 saturated carbocycles. The summed E-state index contributed by atoms with van der Waals surface area (Å²) >= 11 is 0. The van der Waals surface area contributed by atoms with Gasteiger partial charge in [0.1, 0.15) is 6.61 Å². The number of anilines is 1. The van der Waals surface area contributed by atoms with E-state index < -0.39 is 0 Å². The van der Waals surface area contributed by atoms with Crippen LogP contribution in [0.5, 0.6) is 5.88 Å². The molecular formula is C20H26N4O3. The molecule has 1 fully saturated rings. The number of carbonyl (C=O) groups is 1. The van der Waals surface area contributed by atoms with Gasteiger partial charge in [0.05, 0.1) is 18.5 Å². The fourth-order valence-corrected chi connectivity index (χ4v) is 3.06. The number of nitrogens with one attached hydrogen (secondary N) is 2. The quantitative estimate of drug-likeness (QED) is 0.699. The van der Waals surface area contributed by atoms with Gasteiger partial charge in [-0.25, -0.2) is 9.78 Å². The van der Waals surface area contributed by atoms with E-state index in [2.05, 4.69) is 44.8 Å². The minimum absolute atomic E-state index is 0.151. The Labute approximate surface area is 159 Å². The van der Waals surface area contributed by atoms with E-state index in [9.17, 15) is 4.79 Å². The number of hydrogen-bond acceptors (Lipinski definition) is 5. The molecule has 0 bridgehead atoms. The smallest absolute Gasteiger partial charge is 0.319 e. The number of ether oxygens (including phenoxy) is 2. The molecule has 1 aliphatic heterocycles. The molecular weight excluding hydrogens is 344 g/mol. The minimum Gasteiger partial charge on any atom is -0.475 e. The Morgan fingerprint density at radius 1 is 1.22 bits per heavy atom. The number of pyridine rings is 1. The maximum Gasteiger partial charge on any atom is 0.319 e. The van der Waals surface area contributed by atoms with E-state index in [1.807, 2.05) is 6.07 Å². The van der Waals surface area contributed by atoms with Crippen LogP contribution in [-0.4, -0.2) is 55.4 Å². The van der Waals surface area contributed by atoms with Crippen LogP contribution >= 0.6 is 0 Å². The number of likely N-dealkylation sites (tertiary alicyclic amines) is 1. The lowest BCUT2D eigenvalue weighted by Crippen LogP contribution is -2.39. The lowest BCUT2D eigenvalue weighted by atomic mass is 10.2. The average Bonchev–Trinajstić information content (AvgIpc) is 3.11. The van der Waals surface area contributed by atoms with E-state index in [-0.39, 0.29) is 12.1 Å². The summed E-state index contributed by atoms with van der Waals surface area (Å²) < 4.78 is 10.3. The van der Waals surface area contributed by atoms with Gasteiger partial charge in [0.15, 0.2) is 0 Å². The Kier molecular flexibility index (Phi) is 7.01. The van der Waals surface area contributed by atoms with Gasteiger partial charge in [0.2, 0.25) is 5.88 Å². The zero-order valence-electron chi connectivity index (χ0n) is 15.6. The molecule has 1 saturated heterocycles. The second-order valence-corrected chi connectivity index (χ2v) is 6.53. The standard InChI is InChI=1S/C20H26N4O3/c1-26-11-12-27-19-8-7-17(13-21-19)22-20(25)23-18-9-10-24(15-18)14-16-5-3-2-4-6-16/h2-8,13,18H,9-12,14-15H2,1H3,(H2,22,23,25)/t18-/m0/s1. The van der Waals surface area contributed by atoms with Gasteiger partial charge < -0.3 is 20.1 Å². The molecule has 2 heterocycles. The van der Waals surface area contributed by atoms with Crippen LogP contribution in [0, 0.1) is 0 Å². The van der Waals surface area contributed by atoms with Crippen LogP contribution < -0.4 is 15.4 Å². The molecule has 2 N–H and O–H groups in total. The zero-order valence-corrected chi connectivity index (χ0v) is 15.6. The van der Waals surface area contributed by atoms with Gasteiger partial charge in [0.25, 0.3) is 0 Å². The summed E-state index contributed by atoms with van der Waals surface area (Å²) in [5, 5.41) is 5.85. The van der Waals surface area contributed by atoms with E-state index in [1.54, 1.807) is 25.4 Å². The summed E-state index contributed by atoms with van der Waals surface area (Å²) in [6.07, 6.45) is 2.53. The fourth-order valence-electron chi connectivity index (χ4n) is 3.06. The molecule has 1 aromatic carbocycles. The van der Waals surface area contributed by atoms with Crippen LogP contribution in [0.2, 0.25) is 0 Å². The molecule has 144 valence electrons. The maximum atomic E-state index is 12.2. The monoisotopic (exact) mass is 370 g/mol. The van der Waals surface area contributed by atoms with Crippen molar-refractivity contribution in [2.75, 3.05) is 38.7 Å². The highest BCUT2D eigenvalue weighted by atomic mass is 16.5. The molecule has 3 rings (SSSR count). The number of benzene rings is 1. The first-order valence-corrected chi connectivity index (χ1v) is 9.14. The fraction of sp³-hybridized carbons (Fsp3) is 0.400. The van der Waals surface area contributed by atoms with Crippen LogP contribution in [0.3, 0.4) is 0 Å². The molecule has 1 atom stereocenters. The zero-order chi connectivity index (χ0) is 18.9. The number of rotatable bonds is 8. The van der Waals surface area contributed by atoms with Gasteiger partial charge in [-0.05, 0) is 18.1 Å². The van der Waals surface area contributed by atoms with Crippen molar-refractivity contribution in [1.82, 2.24) is 15.2 Å². The van der Waals surface area contributed by atoms with Crippen molar-refractivity contribution in [2.24, 2.45) is 0 Å². The topological polar surface area (TPSA) is 75.7 Å². The van der Waals surface area contributed by atoms with Gasteiger partial charge in [-0.2, -0.15) is 0 Å². The first-order chi connectivity index (χ1) is 13.2. The normalized spacial score (nSPS) is 16.9. The van der Waals surface area contributed by atoms with Gasteiger partial charge in [-0.3, -0.25) is 4.90 Å².